The zero-order chi connectivity index (χ0) is 15.1. The third-order valence-electron chi connectivity index (χ3n) is 3.61. The summed E-state index contributed by atoms with van der Waals surface area (Å²) >= 11 is 0. The Balaban J connectivity index is 1.54. The molecule has 21 heavy (non-hydrogen) atoms. The molecule has 1 aromatic carbocycles. The Kier molecular flexibility index (Phi) is 5.60. The van der Waals surface area contributed by atoms with Crippen LogP contribution in [0.4, 0.5) is 4.79 Å². The number of Topliss-reactive ketones (excluding diaryl/α,β-unsaturated/α-hetero) is 1. The third-order valence-corrected chi connectivity index (χ3v) is 3.61. The van der Waals surface area contributed by atoms with Crippen molar-refractivity contribution in [3.63, 3.8) is 0 Å². The lowest BCUT2D eigenvalue weighted by molar-refractivity contribution is -0.126. The van der Waals surface area contributed by atoms with E-state index >= 15 is 0 Å². The quantitative estimate of drug-likeness (QED) is 0.784. The molecular formula is C16H21NO4. The van der Waals surface area contributed by atoms with Crippen LogP contribution in [0.15, 0.2) is 24.3 Å². The predicted molar refractivity (Wildman–Crippen MR) is 78.4 cm³/mol. The number of hydrogen-bond donors (Lipinski definition) is 1. The van der Waals surface area contributed by atoms with E-state index in [1.54, 1.807) is 7.11 Å². The van der Waals surface area contributed by atoms with Gasteiger partial charge in [0.1, 0.15) is 5.75 Å². The van der Waals surface area contributed by atoms with Crippen LogP contribution in [0.3, 0.4) is 0 Å². The maximum absolute atomic E-state index is 11.4. The van der Waals surface area contributed by atoms with E-state index in [0.29, 0.717) is 13.0 Å². The molecule has 0 unspecified atom stereocenters. The molecule has 1 saturated carbocycles. The van der Waals surface area contributed by atoms with Crippen molar-refractivity contribution in [1.82, 2.24) is 5.32 Å². The van der Waals surface area contributed by atoms with Gasteiger partial charge in [0, 0.05) is 6.42 Å². The molecule has 1 atom stereocenters. The maximum Gasteiger partial charge on any atom is 0.407 e. The van der Waals surface area contributed by atoms with Gasteiger partial charge in [-0.3, -0.25) is 4.79 Å². The van der Waals surface area contributed by atoms with Crippen molar-refractivity contribution in [3.8, 4) is 5.75 Å². The Morgan fingerprint density at radius 2 is 2.05 bits per heavy atom. The van der Waals surface area contributed by atoms with Crippen molar-refractivity contribution >= 4 is 11.9 Å². The maximum atomic E-state index is 11.4. The van der Waals surface area contributed by atoms with Crippen LogP contribution < -0.4 is 10.1 Å². The van der Waals surface area contributed by atoms with Crippen LogP contribution in [0.1, 0.15) is 31.2 Å². The summed E-state index contributed by atoms with van der Waals surface area (Å²) in [5.74, 6) is 0.941. The van der Waals surface area contributed by atoms with Crippen LogP contribution in [0.5, 0.6) is 5.75 Å². The van der Waals surface area contributed by atoms with Gasteiger partial charge in [-0.25, -0.2) is 4.79 Å². The summed E-state index contributed by atoms with van der Waals surface area (Å²) in [6.45, 7) is 0.378. The molecule has 1 fully saturated rings. The predicted octanol–water partition coefficient (Wildman–Crippen LogP) is 2.48. The minimum absolute atomic E-state index is 0.0893. The van der Waals surface area contributed by atoms with E-state index in [0.717, 1.165) is 31.4 Å². The number of methoxy groups -OCH3 is 1. The van der Waals surface area contributed by atoms with E-state index in [2.05, 4.69) is 5.32 Å². The van der Waals surface area contributed by atoms with Crippen molar-refractivity contribution in [3.05, 3.63) is 29.8 Å². The smallest absolute Gasteiger partial charge is 0.407 e. The van der Waals surface area contributed by atoms with Crippen LogP contribution in [0.25, 0.3) is 0 Å². The van der Waals surface area contributed by atoms with Gasteiger partial charge in [0.2, 0.25) is 0 Å². The van der Waals surface area contributed by atoms with Crippen molar-refractivity contribution < 1.29 is 19.1 Å². The first-order valence-electron chi connectivity index (χ1n) is 7.28. The summed E-state index contributed by atoms with van der Waals surface area (Å²) in [6, 6.07) is 7.63. The number of ketones is 1. The SMILES string of the molecule is COc1ccc(CCCCOC(=O)N[C@H]2CCC2=O)cc1. The zero-order valence-electron chi connectivity index (χ0n) is 12.3. The molecular weight excluding hydrogens is 270 g/mol. The fourth-order valence-electron chi connectivity index (χ4n) is 2.13. The first-order valence-corrected chi connectivity index (χ1v) is 7.28. The molecule has 5 heteroatoms. The van der Waals surface area contributed by atoms with Gasteiger partial charge >= 0.3 is 6.09 Å². The van der Waals surface area contributed by atoms with Crippen LogP contribution in [-0.2, 0) is 16.0 Å². The first kappa shape index (κ1) is 15.4. The molecule has 1 aliphatic rings. The van der Waals surface area contributed by atoms with Crippen LogP contribution >= 0.6 is 0 Å². The summed E-state index contributed by atoms with van der Waals surface area (Å²) in [4.78, 5) is 22.5. The Labute approximate surface area is 124 Å². The number of alkyl carbamates (subject to hydrolysis) is 1. The van der Waals surface area contributed by atoms with Crippen LogP contribution in [0, 0.1) is 0 Å². The number of benzene rings is 1. The van der Waals surface area contributed by atoms with Gasteiger partial charge < -0.3 is 14.8 Å². The first-order chi connectivity index (χ1) is 10.2. The molecule has 0 aromatic heterocycles. The number of nitrogens with one attached hydrogen (secondary N) is 1. The number of rotatable bonds is 7. The second-order valence-electron chi connectivity index (χ2n) is 5.14. The van der Waals surface area contributed by atoms with E-state index in [-0.39, 0.29) is 11.8 Å². The van der Waals surface area contributed by atoms with E-state index in [9.17, 15) is 9.59 Å². The van der Waals surface area contributed by atoms with E-state index < -0.39 is 6.09 Å². The summed E-state index contributed by atoms with van der Waals surface area (Å²) in [5.41, 5.74) is 1.24. The lowest BCUT2D eigenvalue weighted by atomic mass is 9.91. The average Bonchev–Trinajstić information content (AvgIpc) is 2.51. The van der Waals surface area contributed by atoms with Gasteiger partial charge in [0.15, 0.2) is 5.78 Å². The number of aryl methyl sites for hydroxylation is 1. The van der Waals surface area contributed by atoms with Gasteiger partial charge in [0.25, 0.3) is 0 Å². The number of hydrogen-bond acceptors (Lipinski definition) is 4. The molecule has 0 saturated heterocycles. The summed E-state index contributed by atoms with van der Waals surface area (Å²) in [7, 11) is 1.65. The highest BCUT2D eigenvalue weighted by molar-refractivity contribution is 5.92. The Morgan fingerprint density at radius 3 is 2.62 bits per heavy atom. The third kappa shape index (κ3) is 4.77. The molecule has 1 N–H and O–H groups in total. The van der Waals surface area contributed by atoms with Crippen molar-refractivity contribution in [1.29, 1.82) is 0 Å². The Bertz CT molecular complexity index is 484. The molecule has 5 nitrogen and oxygen atoms in total. The molecule has 1 aromatic rings. The van der Waals surface area contributed by atoms with E-state index in [4.69, 9.17) is 9.47 Å². The largest absolute Gasteiger partial charge is 0.497 e. The molecule has 1 amide bonds. The highest BCUT2D eigenvalue weighted by Gasteiger charge is 2.29. The zero-order valence-corrected chi connectivity index (χ0v) is 12.3. The van der Waals surface area contributed by atoms with E-state index in [1.807, 2.05) is 24.3 Å². The number of unbranched alkanes of at least 4 members (excludes halogenated alkanes) is 1. The minimum atomic E-state index is -0.488. The van der Waals surface area contributed by atoms with Gasteiger partial charge in [-0.1, -0.05) is 12.1 Å². The van der Waals surface area contributed by atoms with Crippen molar-refractivity contribution in [2.24, 2.45) is 0 Å². The van der Waals surface area contributed by atoms with Gasteiger partial charge in [-0.15, -0.1) is 0 Å². The lowest BCUT2D eigenvalue weighted by Crippen LogP contribution is -2.47. The molecule has 0 heterocycles. The second-order valence-corrected chi connectivity index (χ2v) is 5.14. The lowest BCUT2D eigenvalue weighted by Gasteiger charge is -2.24. The monoisotopic (exact) mass is 291 g/mol. The molecule has 2 rings (SSSR count). The average molecular weight is 291 g/mol. The molecule has 0 bridgehead atoms. The second kappa shape index (κ2) is 7.67. The summed E-state index contributed by atoms with van der Waals surface area (Å²) in [6.07, 6.45) is 3.49. The highest BCUT2D eigenvalue weighted by Crippen LogP contribution is 2.14. The number of carbonyl (C=O) groups is 2. The number of amides is 1. The number of ether oxygens (including phenoxy) is 2. The normalized spacial score (nSPS) is 17.0. The summed E-state index contributed by atoms with van der Waals surface area (Å²) in [5, 5.41) is 2.56. The van der Waals surface area contributed by atoms with Gasteiger partial charge in [-0.05, 0) is 43.4 Å². The molecule has 114 valence electrons. The van der Waals surface area contributed by atoms with Crippen LogP contribution in [0.2, 0.25) is 0 Å². The molecule has 0 radical (unpaired) electrons. The van der Waals surface area contributed by atoms with Crippen molar-refractivity contribution in [2.75, 3.05) is 13.7 Å². The highest BCUT2D eigenvalue weighted by atomic mass is 16.5. The Hall–Kier alpha value is -2.04. The Morgan fingerprint density at radius 1 is 1.29 bits per heavy atom. The fraction of sp³-hybridized carbons (Fsp3) is 0.500. The number of carbonyl (C=O) groups excluding carboxylic acids is 2. The molecule has 0 aliphatic heterocycles. The van der Waals surface area contributed by atoms with E-state index in [1.165, 1.54) is 5.56 Å². The summed E-state index contributed by atoms with van der Waals surface area (Å²) < 4.78 is 10.2. The minimum Gasteiger partial charge on any atom is -0.497 e. The standard InChI is InChI=1S/C16H21NO4/c1-20-13-7-5-12(6-8-13)4-2-3-11-21-16(19)17-14-9-10-15(14)18/h5-8,14H,2-4,9-11H2,1H3,(H,17,19)/t14-/m0/s1. The molecule has 1 aliphatic carbocycles. The molecule has 0 spiro atoms. The topological polar surface area (TPSA) is 64.6 Å². The fourth-order valence-corrected chi connectivity index (χ4v) is 2.13. The van der Waals surface area contributed by atoms with Gasteiger partial charge in [-0.2, -0.15) is 0 Å². The van der Waals surface area contributed by atoms with Gasteiger partial charge in [0.05, 0.1) is 19.8 Å². The van der Waals surface area contributed by atoms with Crippen molar-refractivity contribution in [2.45, 2.75) is 38.1 Å². The van der Waals surface area contributed by atoms with Crippen LogP contribution in [-0.4, -0.2) is 31.6 Å².